The van der Waals surface area contributed by atoms with E-state index in [1.54, 1.807) is 11.3 Å². The van der Waals surface area contributed by atoms with E-state index in [9.17, 15) is 4.79 Å². The number of hydrogen-bond donors (Lipinski definition) is 1. The largest absolute Gasteiger partial charge is 0.342 e. The second-order valence-electron chi connectivity index (χ2n) is 6.89. The van der Waals surface area contributed by atoms with Gasteiger partial charge in [0.15, 0.2) is 0 Å². The molecule has 2 aliphatic rings. The fourth-order valence-corrected chi connectivity index (χ4v) is 5.10. The maximum Gasteiger partial charge on any atom is 0.222 e. The van der Waals surface area contributed by atoms with Crippen LogP contribution in [0.4, 0.5) is 0 Å². The van der Waals surface area contributed by atoms with Gasteiger partial charge in [0.25, 0.3) is 0 Å². The van der Waals surface area contributed by atoms with E-state index >= 15 is 0 Å². The van der Waals surface area contributed by atoms with Crippen LogP contribution in [0.5, 0.6) is 0 Å². The molecule has 5 heteroatoms. The lowest BCUT2D eigenvalue weighted by Crippen LogP contribution is -2.33. The molecule has 2 heterocycles. The van der Waals surface area contributed by atoms with Gasteiger partial charge in [-0.1, -0.05) is 12.1 Å². The van der Waals surface area contributed by atoms with E-state index in [0.29, 0.717) is 30.2 Å². The molecular weight excluding hydrogens is 306 g/mol. The van der Waals surface area contributed by atoms with E-state index in [-0.39, 0.29) is 0 Å². The summed E-state index contributed by atoms with van der Waals surface area (Å²) in [7, 11) is 0. The third-order valence-electron chi connectivity index (χ3n) is 5.38. The van der Waals surface area contributed by atoms with Crippen molar-refractivity contribution in [1.29, 1.82) is 0 Å². The first-order valence-corrected chi connectivity index (χ1v) is 9.40. The molecule has 0 bridgehead atoms. The monoisotopic (exact) mass is 329 g/mol. The molecule has 4 nitrogen and oxygen atoms in total. The molecule has 2 aromatic rings. The second-order valence-corrected chi connectivity index (χ2v) is 8.01. The summed E-state index contributed by atoms with van der Waals surface area (Å²) in [5.41, 5.74) is 7.22. The molecule has 2 fully saturated rings. The lowest BCUT2D eigenvalue weighted by Gasteiger charge is -2.18. The number of thiazole rings is 1. The third-order valence-corrected chi connectivity index (χ3v) is 6.48. The second kappa shape index (κ2) is 6.21. The van der Waals surface area contributed by atoms with Crippen molar-refractivity contribution in [3.05, 3.63) is 29.3 Å². The number of rotatable bonds is 4. The number of benzene rings is 1. The highest BCUT2D eigenvalue weighted by atomic mass is 32.1. The van der Waals surface area contributed by atoms with Crippen molar-refractivity contribution in [2.75, 3.05) is 13.1 Å². The molecule has 23 heavy (non-hydrogen) atoms. The van der Waals surface area contributed by atoms with E-state index in [2.05, 4.69) is 11.1 Å². The van der Waals surface area contributed by atoms with Gasteiger partial charge >= 0.3 is 0 Å². The van der Waals surface area contributed by atoms with E-state index in [1.807, 2.05) is 23.1 Å². The molecule has 1 amide bonds. The number of carbonyl (C=O) groups excluding carboxylic acids is 1. The standard InChI is InChI=1S/C18H23N3OS/c19-14-9-8-12-10-21(11-13(12)14)18(22)7-3-6-17-20-15-4-1-2-5-16(15)23-17/h1-2,4-5,12-14H,3,6-11,19H2. The van der Waals surface area contributed by atoms with E-state index in [1.165, 1.54) is 11.1 Å². The Morgan fingerprint density at radius 3 is 3.00 bits per heavy atom. The molecule has 0 radical (unpaired) electrons. The Labute approximate surface area is 140 Å². The molecule has 1 aliphatic heterocycles. The average molecular weight is 329 g/mol. The van der Waals surface area contributed by atoms with Crippen LogP contribution in [0.25, 0.3) is 10.2 Å². The van der Waals surface area contributed by atoms with Crippen LogP contribution in [0.2, 0.25) is 0 Å². The summed E-state index contributed by atoms with van der Waals surface area (Å²) in [5, 5.41) is 1.14. The van der Waals surface area contributed by atoms with Crippen molar-refractivity contribution in [1.82, 2.24) is 9.88 Å². The van der Waals surface area contributed by atoms with Gasteiger partial charge in [0, 0.05) is 25.6 Å². The molecule has 1 aromatic carbocycles. The Morgan fingerprint density at radius 2 is 2.17 bits per heavy atom. The van der Waals surface area contributed by atoms with E-state index in [4.69, 9.17) is 5.73 Å². The Morgan fingerprint density at radius 1 is 1.30 bits per heavy atom. The van der Waals surface area contributed by atoms with Gasteiger partial charge in [-0.3, -0.25) is 4.79 Å². The predicted molar refractivity (Wildman–Crippen MR) is 93.3 cm³/mol. The number of carbonyl (C=O) groups is 1. The van der Waals surface area contributed by atoms with Gasteiger partial charge < -0.3 is 10.6 Å². The van der Waals surface area contributed by atoms with Gasteiger partial charge in [-0.15, -0.1) is 11.3 Å². The van der Waals surface area contributed by atoms with E-state index in [0.717, 1.165) is 42.9 Å². The summed E-state index contributed by atoms with van der Waals surface area (Å²) in [5.74, 6) is 1.49. The van der Waals surface area contributed by atoms with Gasteiger partial charge in [0.1, 0.15) is 0 Å². The van der Waals surface area contributed by atoms with Crippen LogP contribution in [0.15, 0.2) is 24.3 Å². The summed E-state index contributed by atoms with van der Waals surface area (Å²) in [6, 6.07) is 8.52. The normalized spacial score (nSPS) is 26.8. The first-order valence-electron chi connectivity index (χ1n) is 8.58. The maximum atomic E-state index is 12.4. The zero-order chi connectivity index (χ0) is 15.8. The minimum Gasteiger partial charge on any atom is -0.342 e. The Kier molecular flexibility index (Phi) is 4.07. The van der Waals surface area contributed by atoms with Gasteiger partial charge in [0.2, 0.25) is 5.91 Å². The quantitative estimate of drug-likeness (QED) is 0.938. The number of likely N-dealkylation sites (tertiary alicyclic amines) is 1. The SMILES string of the molecule is NC1CCC2CN(C(=O)CCCc3nc4ccccc4s3)CC12. The molecule has 1 aliphatic carbocycles. The lowest BCUT2D eigenvalue weighted by atomic mass is 9.98. The molecule has 1 saturated heterocycles. The number of hydrogen-bond acceptors (Lipinski definition) is 4. The van der Waals surface area contributed by atoms with Crippen molar-refractivity contribution >= 4 is 27.5 Å². The number of para-hydroxylation sites is 1. The van der Waals surface area contributed by atoms with Crippen LogP contribution in [0.1, 0.15) is 30.7 Å². The summed E-state index contributed by atoms with van der Waals surface area (Å²) in [6.45, 7) is 1.81. The molecule has 4 rings (SSSR count). The molecule has 0 spiro atoms. The smallest absolute Gasteiger partial charge is 0.222 e. The van der Waals surface area contributed by atoms with Crippen LogP contribution >= 0.6 is 11.3 Å². The summed E-state index contributed by atoms with van der Waals surface area (Å²) in [4.78, 5) is 19.1. The van der Waals surface area contributed by atoms with Crippen LogP contribution in [-0.2, 0) is 11.2 Å². The average Bonchev–Trinajstić information content (AvgIpc) is 3.22. The predicted octanol–water partition coefficient (Wildman–Crippen LogP) is 2.81. The summed E-state index contributed by atoms with van der Waals surface area (Å²) >= 11 is 1.74. The minimum atomic E-state index is 0.299. The molecule has 1 saturated carbocycles. The number of amides is 1. The first-order chi connectivity index (χ1) is 11.2. The highest BCUT2D eigenvalue weighted by Gasteiger charge is 2.42. The molecule has 3 atom stereocenters. The van der Waals surface area contributed by atoms with Crippen molar-refractivity contribution < 1.29 is 4.79 Å². The topological polar surface area (TPSA) is 59.2 Å². The number of aromatic nitrogens is 1. The first kappa shape index (κ1) is 15.1. The molecular formula is C18H23N3OS. The van der Waals surface area contributed by atoms with Gasteiger partial charge in [-0.2, -0.15) is 0 Å². The summed E-state index contributed by atoms with van der Waals surface area (Å²) < 4.78 is 1.23. The van der Waals surface area contributed by atoms with Crippen LogP contribution in [-0.4, -0.2) is 34.9 Å². The lowest BCUT2D eigenvalue weighted by molar-refractivity contribution is -0.130. The Bertz CT molecular complexity index is 680. The van der Waals surface area contributed by atoms with Crippen molar-refractivity contribution in [3.8, 4) is 0 Å². The van der Waals surface area contributed by atoms with Crippen molar-refractivity contribution in [3.63, 3.8) is 0 Å². The highest BCUT2D eigenvalue weighted by molar-refractivity contribution is 7.18. The molecule has 122 valence electrons. The Balaban J connectivity index is 1.29. The number of fused-ring (bicyclic) bond motifs is 2. The fourth-order valence-electron chi connectivity index (χ4n) is 4.09. The van der Waals surface area contributed by atoms with Gasteiger partial charge in [-0.05, 0) is 49.7 Å². The van der Waals surface area contributed by atoms with Crippen LogP contribution in [0, 0.1) is 11.8 Å². The van der Waals surface area contributed by atoms with Gasteiger partial charge in [0.05, 0.1) is 15.2 Å². The van der Waals surface area contributed by atoms with Crippen molar-refractivity contribution in [2.45, 2.75) is 38.1 Å². The zero-order valence-electron chi connectivity index (χ0n) is 13.3. The third kappa shape index (κ3) is 3.00. The summed E-state index contributed by atoms with van der Waals surface area (Å²) in [6.07, 6.45) is 4.74. The zero-order valence-corrected chi connectivity index (χ0v) is 14.1. The van der Waals surface area contributed by atoms with Crippen LogP contribution < -0.4 is 5.73 Å². The Hall–Kier alpha value is -1.46. The fraction of sp³-hybridized carbons (Fsp3) is 0.556. The minimum absolute atomic E-state index is 0.299. The number of nitrogens with zero attached hydrogens (tertiary/aromatic N) is 2. The van der Waals surface area contributed by atoms with Crippen LogP contribution in [0.3, 0.4) is 0 Å². The van der Waals surface area contributed by atoms with E-state index < -0.39 is 0 Å². The van der Waals surface area contributed by atoms with Gasteiger partial charge in [-0.25, -0.2) is 4.98 Å². The molecule has 3 unspecified atom stereocenters. The number of aryl methyl sites for hydroxylation is 1. The molecule has 1 aromatic heterocycles. The maximum absolute atomic E-state index is 12.4. The highest BCUT2D eigenvalue weighted by Crippen LogP contribution is 2.37. The number of nitrogens with two attached hydrogens (primary N) is 1. The van der Waals surface area contributed by atoms with Crippen molar-refractivity contribution in [2.24, 2.45) is 17.6 Å². The molecule has 2 N–H and O–H groups in total.